The summed E-state index contributed by atoms with van der Waals surface area (Å²) < 4.78 is 5.45. The van der Waals surface area contributed by atoms with Crippen molar-refractivity contribution < 1.29 is 4.74 Å². The summed E-state index contributed by atoms with van der Waals surface area (Å²) in [4.78, 5) is 0.519. The summed E-state index contributed by atoms with van der Waals surface area (Å²) in [6.07, 6.45) is 5.51. The highest BCUT2D eigenvalue weighted by molar-refractivity contribution is 9.09. The van der Waals surface area contributed by atoms with Crippen LogP contribution in [0.25, 0.3) is 0 Å². The van der Waals surface area contributed by atoms with Crippen LogP contribution in [0, 0.1) is 5.92 Å². The Bertz CT molecular complexity index is 314. The Morgan fingerprint density at radius 3 is 2.44 bits per heavy atom. The van der Waals surface area contributed by atoms with Gasteiger partial charge in [-0.05, 0) is 43.4 Å². The normalized spacial score (nSPS) is 18.6. The first-order valence-electron chi connectivity index (χ1n) is 6.18. The van der Waals surface area contributed by atoms with Crippen molar-refractivity contribution in [1.29, 1.82) is 0 Å². The number of hydrogen-bond donors (Lipinski definition) is 0. The maximum absolute atomic E-state index is 5.45. The summed E-state index contributed by atoms with van der Waals surface area (Å²) in [6, 6.07) is 8.51. The number of benzene rings is 1. The molecule has 0 bridgehead atoms. The van der Waals surface area contributed by atoms with Gasteiger partial charge < -0.3 is 4.74 Å². The lowest BCUT2D eigenvalue weighted by Gasteiger charge is -2.17. The van der Waals surface area contributed by atoms with Crippen molar-refractivity contribution >= 4 is 15.9 Å². The molecule has 1 aromatic carbocycles. The third-order valence-corrected chi connectivity index (χ3v) is 4.60. The lowest BCUT2D eigenvalue weighted by molar-refractivity contribution is 0.340. The first-order valence-corrected chi connectivity index (χ1v) is 7.09. The van der Waals surface area contributed by atoms with Crippen molar-refractivity contribution in [2.75, 3.05) is 6.61 Å². The Balaban J connectivity index is 2.02. The van der Waals surface area contributed by atoms with Crippen LogP contribution in [-0.2, 0) is 0 Å². The van der Waals surface area contributed by atoms with E-state index in [0.29, 0.717) is 4.83 Å². The Morgan fingerprint density at radius 2 is 1.88 bits per heavy atom. The van der Waals surface area contributed by atoms with E-state index in [1.54, 1.807) is 0 Å². The predicted molar refractivity (Wildman–Crippen MR) is 71.2 cm³/mol. The minimum atomic E-state index is 0.519. The third-order valence-electron chi connectivity index (χ3n) is 3.32. The van der Waals surface area contributed by atoms with E-state index in [9.17, 15) is 0 Å². The van der Waals surface area contributed by atoms with E-state index in [4.69, 9.17) is 4.74 Å². The van der Waals surface area contributed by atoms with Gasteiger partial charge in [-0.2, -0.15) is 0 Å². The van der Waals surface area contributed by atoms with E-state index in [2.05, 4.69) is 40.2 Å². The van der Waals surface area contributed by atoms with Crippen molar-refractivity contribution in [3.8, 4) is 5.75 Å². The third kappa shape index (κ3) is 2.79. The highest BCUT2D eigenvalue weighted by Gasteiger charge is 2.23. The monoisotopic (exact) mass is 282 g/mol. The summed E-state index contributed by atoms with van der Waals surface area (Å²) in [7, 11) is 0. The lowest BCUT2D eigenvalue weighted by atomic mass is 9.98. The molecule has 1 aliphatic carbocycles. The highest BCUT2D eigenvalue weighted by atomic mass is 79.9. The van der Waals surface area contributed by atoms with E-state index in [1.165, 1.54) is 31.2 Å². The Kier molecular flexibility index (Phi) is 4.28. The van der Waals surface area contributed by atoms with Crippen molar-refractivity contribution in [3.05, 3.63) is 29.8 Å². The number of halogens is 1. The SMILES string of the molecule is CCOc1ccc(C(Br)C2CCCC2)cc1. The first kappa shape index (κ1) is 12.0. The molecule has 16 heavy (non-hydrogen) atoms. The molecular weight excluding hydrogens is 264 g/mol. The van der Waals surface area contributed by atoms with Gasteiger partial charge in [-0.3, -0.25) is 0 Å². The average Bonchev–Trinajstić information content (AvgIpc) is 2.83. The van der Waals surface area contributed by atoms with Gasteiger partial charge in [0.1, 0.15) is 5.75 Å². The van der Waals surface area contributed by atoms with E-state index >= 15 is 0 Å². The van der Waals surface area contributed by atoms with Crippen LogP contribution in [0.5, 0.6) is 5.75 Å². The summed E-state index contributed by atoms with van der Waals surface area (Å²) in [5.74, 6) is 1.79. The van der Waals surface area contributed by atoms with Crippen LogP contribution in [0.3, 0.4) is 0 Å². The van der Waals surface area contributed by atoms with E-state index in [0.717, 1.165) is 18.3 Å². The molecule has 1 aromatic rings. The van der Waals surface area contributed by atoms with E-state index < -0.39 is 0 Å². The van der Waals surface area contributed by atoms with Crippen LogP contribution in [0.1, 0.15) is 43.0 Å². The molecule has 0 amide bonds. The second kappa shape index (κ2) is 5.72. The number of hydrogen-bond acceptors (Lipinski definition) is 1. The number of rotatable bonds is 4. The molecule has 1 fully saturated rings. The van der Waals surface area contributed by atoms with Gasteiger partial charge in [0.2, 0.25) is 0 Å². The molecule has 1 atom stereocenters. The molecule has 0 spiro atoms. The van der Waals surface area contributed by atoms with E-state index in [1.807, 2.05) is 6.92 Å². The zero-order valence-corrected chi connectivity index (χ0v) is 11.4. The number of alkyl halides is 1. The van der Waals surface area contributed by atoms with Crippen LogP contribution >= 0.6 is 15.9 Å². The van der Waals surface area contributed by atoms with Gasteiger partial charge in [0.25, 0.3) is 0 Å². The summed E-state index contributed by atoms with van der Waals surface area (Å²) in [5, 5.41) is 0. The number of ether oxygens (including phenoxy) is 1. The molecule has 1 saturated carbocycles. The molecular formula is C14H19BrO. The zero-order chi connectivity index (χ0) is 11.4. The molecule has 0 radical (unpaired) electrons. The minimum absolute atomic E-state index is 0.519. The fourth-order valence-corrected chi connectivity index (χ4v) is 3.27. The summed E-state index contributed by atoms with van der Waals surface area (Å²) >= 11 is 3.84. The topological polar surface area (TPSA) is 9.23 Å². The molecule has 88 valence electrons. The molecule has 0 aromatic heterocycles. The molecule has 2 heteroatoms. The molecule has 1 nitrogen and oxygen atoms in total. The van der Waals surface area contributed by atoms with Crippen molar-refractivity contribution in [1.82, 2.24) is 0 Å². The Morgan fingerprint density at radius 1 is 1.25 bits per heavy atom. The van der Waals surface area contributed by atoms with Crippen LogP contribution in [0.2, 0.25) is 0 Å². The van der Waals surface area contributed by atoms with Gasteiger partial charge in [-0.15, -0.1) is 0 Å². The van der Waals surface area contributed by atoms with Gasteiger partial charge in [0.15, 0.2) is 0 Å². The van der Waals surface area contributed by atoms with Crippen molar-refractivity contribution in [2.45, 2.75) is 37.4 Å². The van der Waals surface area contributed by atoms with Crippen LogP contribution < -0.4 is 4.74 Å². The molecule has 1 aliphatic rings. The van der Waals surface area contributed by atoms with Crippen molar-refractivity contribution in [3.63, 3.8) is 0 Å². The predicted octanol–water partition coefficient (Wildman–Crippen LogP) is 4.71. The maximum atomic E-state index is 5.45. The minimum Gasteiger partial charge on any atom is -0.494 e. The van der Waals surface area contributed by atoms with Crippen LogP contribution in [0.4, 0.5) is 0 Å². The largest absolute Gasteiger partial charge is 0.494 e. The standard InChI is InChI=1S/C14H19BrO/c1-2-16-13-9-7-12(8-10-13)14(15)11-5-3-4-6-11/h7-11,14H,2-6H2,1H3. The molecule has 0 saturated heterocycles. The lowest BCUT2D eigenvalue weighted by Crippen LogP contribution is -2.02. The molecule has 2 rings (SSSR count). The Labute approximate surface area is 106 Å². The second-order valence-electron chi connectivity index (χ2n) is 4.45. The molecule has 1 unspecified atom stereocenters. The van der Waals surface area contributed by atoms with Gasteiger partial charge in [-0.25, -0.2) is 0 Å². The van der Waals surface area contributed by atoms with Crippen LogP contribution in [-0.4, -0.2) is 6.61 Å². The first-order chi connectivity index (χ1) is 7.81. The fraction of sp³-hybridized carbons (Fsp3) is 0.571. The van der Waals surface area contributed by atoms with E-state index in [-0.39, 0.29) is 0 Å². The zero-order valence-electron chi connectivity index (χ0n) is 9.79. The highest BCUT2D eigenvalue weighted by Crippen LogP contribution is 2.41. The van der Waals surface area contributed by atoms with Crippen LogP contribution in [0.15, 0.2) is 24.3 Å². The summed E-state index contributed by atoms with van der Waals surface area (Å²) in [6.45, 7) is 2.75. The van der Waals surface area contributed by atoms with Gasteiger partial charge in [-0.1, -0.05) is 40.9 Å². The van der Waals surface area contributed by atoms with Gasteiger partial charge in [0.05, 0.1) is 6.61 Å². The quantitative estimate of drug-likeness (QED) is 0.727. The van der Waals surface area contributed by atoms with Gasteiger partial charge in [0, 0.05) is 4.83 Å². The molecule has 0 aliphatic heterocycles. The molecule has 0 N–H and O–H groups in total. The van der Waals surface area contributed by atoms with Gasteiger partial charge >= 0.3 is 0 Å². The van der Waals surface area contributed by atoms with Crippen molar-refractivity contribution in [2.24, 2.45) is 5.92 Å². The second-order valence-corrected chi connectivity index (χ2v) is 5.43. The maximum Gasteiger partial charge on any atom is 0.119 e. The molecule has 0 heterocycles. The fourth-order valence-electron chi connectivity index (χ4n) is 2.44. The smallest absolute Gasteiger partial charge is 0.119 e. The average molecular weight is 283 g/mol. The Hall–Kier alpha value is -0.500. The summed E-state index contributed by atoms with van der Waals surface area (Å²) in [5.41, 5.74) is 1.38.